The number of hydrogen-bond acceptors (Lipinski definition) is 3. The molecule has 2 amide bonds. The summed E-state index contributed by atoms with van der Waals surface area (Å²) in [6.45, 7) is 1.52. The van der Waals surface area contributed by atoms with E-state index in [4.69, 9.17) is 16.3 Å². The molecule has 0 spiro atoms. The lowest BCUT2D eigenvalue weighted by Gasteiger charge is -2.11. The van der Waals surface area contributed by atoms with Gasteiger partial charge in [-0.3, -0.25) is 9.59 Å². The van der Waals surface area contributed by atoms with E-state index in [-0.39, 0.29) is 18.3 Å². The maximum absolute atomic E-state index is 13.7. The van der Waals surface area contributed by atoms with Crippen molar-refractivity contribution in [3.8, 4) is 5.75 Å². The van der Waals surface area contributed by atoms with Crippen molar-refractivity contribution in [2.24, 2.45) is 0 Å². The molecule has 5 nitrogen and oxygen atoms in total. The first-order chi connectivity index (χ1) is 12.4. The fourth-order valence-electron chi connectivity index (χ4n) is 2.07. The highest BCUT2D eigenvalue weighted by atomic mass is 79.9. The molecular formula is C18H17BrClFN2O3. The quantitative estimate of drug-likeness (QED) is 0.633. The van der Waals surface area contributed by atoms with Gasteiger partial charge in [0.1, 0.15) is 0 Å². The summed E-state index contributed by atoms with van der Waals surface area (Å²) in [6.07, 6.45) is 1.13. The van der Waals surface area contributed by atoms with Gasteiger partial charge in [-0.15, -0.1) is 0 Å². The van der Waals surface area contributed by atoms with Crippen LogP contribution in [0.15, 0.2) is 40.9 Å². The predicted octanol–water partition coefficient (Wildman–Crippen LogP) is 5.00. The number of carbonyl (C=O) groups excluding carboxylic acids is 2. The van der Waals surface area contributed by atoms with Crippen molar-refractivity contribution in [3.63, 3.8) is 0 Å². The van der Waals surface area contributed by atoms with Crippen LogP contribution in [0.3, 0.4) is 0 Å². The van der Waals surface area contributed by atoms with Gasteiger partial charge >= 0.3 is 0 Å². The van der Waals surface area contributed by atoms with Crippen molar-refractivity contribution in [1.82, 2.24) is 0 Å². The number of anilines is 2. The SMILES string of the molecule is CCCC(=O)Nc1ccc(Cl)c(NC(=O)COc2ccc(Br)cc2F)c1. The van der Waals surface area contributed by atoms with Gasteiger partial charge < -0.3 is 15.4 Å². The molecule has 0 unspecified atom stereocenters. The topological polar surface area (TPSA) is 67.4 Å². The van der Waals surface area contributed by atoms with Crippen LogP contribution >= 0.6 is 27.5 Å². The average molecular weight is 444 g/mol. The Morgan fingerprint density at radius 3 is 2.62 bits per heavy atom. The van der Waals surface area contributed by atoms with Crippen LogP contribution in [0.1, 0.15) is 19.8 Å². The third-order valence-electron chi connectivity index (χ3n) is 3.25. The Bertz CT molecular complexity index is 817. The summed E-state index contributed by atoms with van der Waals surface area (Å²) in [5, 5.41) is 5.61. The third kappa shape index (κ3) is 6.00. The van der Waals surface area contributed by atoms with E-state index in [1.54, 1.807) is 24.3 Å². The zero-order valence-electron chi connectivity index (χ0n) is 13.9. The lowest BCUT2D eigenvalue weighted by Crippen LogP contribution is -2.21. The van der Waals surface area contributed by atoms with Crippen molar-refractivity contribution >= 4 is 50.7 Å². The number of halogens is 3. The number of ether oxygens (including phenoxy) is 1. The van der Waals surface area contributed by atoms with E-state index in [1.165, 1.54) is 12.1 Å². The lowest BCUT2D eigenvalue weighted by atomic mass is 10.2. The molecule has 8 heteroatoms. The minimum Gasteiger partial charge on any atom is -0.481 e. The number of benzene rings is 2. The highest BCUT2D eigenvalue weighted by Gasteiger charge is 2.11. The Morgan fingerprint density at radius 2 is 1.92 bits per heavy atom. The Balaban J connectivity index is 1.98. The summed E-state index contributed by atoms with van der Waals surface area (Å²) in [7, 11) is 0. The molecule has 0 atom stereocenters. The molecule has 0 aromatic heterocycles. The molecule has 0 radical (unpaired) electrons. The average Bonchev–Trinajstić information content (AvgIpc) is 2.57. The van der Waals surface area contributed by atoms with E-state index in [1.807, 2.05) is 6.92 Å². The maximum atomic E-state index is 13.7. The second kappa shape index (κ2) is 9.54. The van der Waals surface area contributed by atoms with E-state index in [0.29, 0.717) is 27.3 Å². The van der Waals surface area contributed by atoms with E-state index in [2.05, 4.69) is 26.6 Å². The number of amides is 2. The van der Waals surface area contributed by atoms with Crippen LogP contribution in [0.5, 0.6) is 5.75 Å². The summed E-state index contributed by atoms with van der Waals surface area (Å²) in [6, 6.07) is 9.02. The molecule has 2 rings (SSSR count). The predicted molar refractivity (Wildman–Crippen MR) is 103 cm³/mol. The van der Waals surface area contributed by atoms with Crippen LogP contribution < -0.4 is 15.4 Å². The van der Waals surface area contributed by atoms with Crippen molar-refractivity contribution in [1.29, 1.82) is 0 Å². The first-order valence-electron chi connectivity index (χ1n) is 7.86. The normalized spacial score (nSPS) is 10.3. The molecule has 0 saturated heterocycles. The second-order valence-corrected chi connectivity index (χ2v) is 6.73. The fourth-order valence-corrected chi connectivity index (χ4v) is 2.57. The number of nitrogens with one attached hydrogen (secondary N) is 2. The molecule has 2 aromatic rings. The van der Waals surface area contributed by atoms with Gasteiger partial charge in [0.15, 0.2) is 18.2 Å². The van der Waals surface area contributed by atoms with E-state index in [9.17, 15) is 14.0 Å². The van der Waals surface area contributed by atoms with E-state index < -0.39 is 11.7 Å². The second-order valence-electron chi connectivity index (χ2n) is 5.40. The molecular weight excluding hydrogens is 427 g/mol. The minimum absolute atomic E-state index is 0.0324. The standard InChI is InChI=1S/C18H17BrClFN2O3/c1-2-3-17(24)22-12-5-6-13(20)15(9-12)23-18(25)10-26-16-7-4-11(19)8-14(16)21/h4-9H,2-3,10H2,1H3,(H,22,24)(H,23,25). The van der Waals surface area contributed by atoms with Gasteiger partial charge in [0.25, 0.3) is 5.91 Å². The molecule has 0 heterocycles. The fraction of sp³-hybridized carbons (Fsp3) is 0.222. The molecule has 0 aliphatic heterocycles. The van der Waals surface area contributed by atoms with Crippen molar-refractivity contribution in [3.05, 3.63) is 51.7 Å². The van der Waals surface area contributed by atoms with Gasteiger partial charge in [-0.1, -0.05) is 34.5 Å². The van der Waals surface area contributed by atoms with E-state index >= 15 is 0 Å². The highest BCUT2D eigenvalue weighted by molar-refractivity contribution is 9.10. The van der Waals surface area contributed by atoms with Crippen molar-refractivity contribution < 1.29 is 18.7 Å². The van der Waals surface area contributed by atoms with Crippen LogP contribution in [-0.4, -0.2) is 18.4 Å². The van der Waals surface area contributed by atoms with E-state index in [0.717, 1.165) is 6.42 Å². The molecule has 0 fully saturated rings. The number of hydrogen-bond donors (Lipinski definition) is 2. The zero-order chi connectivity index (χ0) is 19.1. The molecule has 0 bridgehead atoms. The lowest BCUT2D eigenvalue weighted by molar-refractivity contribution is -0.118. The summed E-state index contributed by atoms with van der Waals surface area (Å²) >= 11 is 9.21. The minimum atomic E-state index is -0.578. The summed E-state index contributed by atoms with van der Waals surface area (Å²) in [5.41, 5.74) is 0.842. The Morgan fingerprint density at radius 1 is 1.15 bits per heavy atom. The van der Waals surface area contributed by atoms with Gasteiger partial charge in [0.05, 0.1) is 10.7 Å². The van der Waals surface area contributed by atoms with Gasteiger partial charge in [-0.05, 0) is 42.8 Å². The smallest absolute Gasteiger partial charge is 0.262 e. The third-order valence-corrected chi connectivity index (χ3v) is 4.08. The summed E-state index contributed by atoms with van der Waals surface area (Å²) < 4.78 is 19.4. The van der Waals surface area contributed by atoms with Gasteiger partial charge in [-0.2, -0.15) is 0 Å². The highest BCUT2D eigenvalue weighted by Crippen LogP contribution is 2.26. The zero-order valence-corrected chi connectivity index (χ0v) is 16.3. The molecule has 0 aliphatic rings. The monoisotopic (exact) mass is 442 g/mol. The van der Waals surface area contributed by atoms with Gasteiger partial charge in [-0.25, -0.2) is 4.39 Å². The Hall–Kier alpha value is -2.12. The number of carbonyl (C=O) groups is 2. The van der Waals surface area contributed by atoms with Gasteiger partial charge in [0.2, 0.25) is 5.91 Å². The summed E-state index contributed by atoms with van der Waals surface area (Å²) in [4.78, 5) is 23.7. The van der Waals surface area contributed by atoms with Crippen LogP contribution in [0.25, 0.3) is 0 Å². The molecule has 26 heavy (non-hydrogen) atoms. The molecule has 0 aliphatic carbocycles. The van der Waals surface area contributed by atoms with Crippen LogP contribution in [-0.2, 0) is 9.59 Å². The molecule has 2 N–H and O–H groups in total. The maximum Gasteiger partial charge on any atom is 0.262 e. The first kappa shape index (κ1) is 20.2. The summed E-state index contributed by atoms with van der Waals surface area (Å²) in [5.74, 6) is -1.24. The number of rotatable bonds is 7. The van der Waals surface area contributed by atoms with Crippen molar-refractivity contribution in [2.75, 3.05) is 17.2 Å². The van der Waals surface area contributed by atoms with Crippen LogP contribution in [0.2, 0.25) is 5.02 Å². The largest absolute Gasteiger partial charge is 0.481 e. The molecule has 2 aromatic carbocycles. The molecule has 0 saturated carbocycles. The van der Waals surface area contributed by atoms with Gasteiger partial charge in [0, 0.05) is 16.6 Å². The Labute approximate surface area is 164 Å². The van der Waals surface area contributed by atoms with Crippen molar-refractivity contribution in [2.45, 2.75) is 19.8 Å². The first-order valence-corrected chi connectivity index (χ1v) is 9.03. The Kier molecular flexibility index (Phi) is 7.41. The van der Waals surface area contributed by atoms with Crippen LogP contribution in [0.4, 0.5) is 15.8 Å². The van der Waals surface area contributed by atoms with Crippen LogP contribution in [0, 0.1) is 5.82 Å². The molecule has 138 valence electrons.